The zero-order valence-electron chi connectivity index (χ0n) is 18.3. The summed E-state index contributed by atoms with van der Waals surface area (Å²) in [5, 5.41) is 3.25. The number of carbonyl (C=O) groups excluding carboxylic acids is 1. The molecule has 4 heteroatoms. The van der Waals surface area contributed by atoms with E-state index in [1.54, 1.807) is 14.2 Å². The number of Topliss-reactive ketones (excluding diaryl/α,β-unsaturated/α-hetero) is 1. The molecule has 160 valence electrons. The van der Waals surface area contributed by atoms with Crippen LogP contribution in [0.25, 0.3) is 0 Å². The van der Waals surface area contributed by atoms with Gasteiger partial charge in [-0.1, -0.05) is 66.7 Å². The lowest BCUT2D eigenvalue weighted by Crippen LogP contribution is -2.36. The van der Waals surface area contributed by atoms with E-state index in [1.165, 1.54) is 0 Å². The molecule has 0 aliphatic rings. The number of rotatable bonds is 8. The van der Waals surface area contributed by atoms with Gasteiger partial charge in [-0.05, 0) is 36.4 Å². The van der Waals surface area contributed by atoms with E-state index in [4.69, 9.17) is 9.47 Å². The summed E-state index contributed by atoms with van der Waals surface area (Å²) in [5.74, 6) is 1.61. The molecule has 0 aliphatic carbocycles. The molecule has 3 nitrogen and oxygen atoms in total. The van der Waals surface area contributed by atoms with Gasteiger partial charge in [-0.15, -0.1) is 0 Å². The Morgan fingerprint density at radius 1 is 0.688 bits per heavy atom. The van der Waals surface area contributed by atoms with Crippen molar-refractivity contribution in [1.29, 1.82) is 0 Å². The predicted octanol–water partition coefficient (Wildman–Crippen LogP) is 4.88. The maximum absolute atomic E-state index is 13.7. The van der Waals surface area contributed by atoms with E-state index < -0.39 is 7.26 Å². The fourth-order valence-corrected chi connectivity index (χ4v) is 8.34. The zero-order valence-corrected chi connectivity index (χ0v) is 19.2. The van der Waals surface area contributed by atoms with Gasteiger partial charge in [0, 0.05) is 11.6 Å². The Kier molecular flexibility index (Phi) is 6.68. The Balaban J connectivity index is 2.04. The summed E-state index contributed by atoms with van der Waals surface area (Å²) in [6, 6.07) is 36.0. The molecule has 0 aliphatic heterocycles. The highest BCUT2D eigenvalue weighted by molar-refractivity contribution is 7.96. The minimum Gasteiger partial charge on any atom is -0.497 e. The molecule has 0 saturated heterocycles. The normalized spacial score (nSPS) is 11.1. The van der Waals surface area contributed by atoms with Crippen LogP contribution in [0, 0.1) is 0 Å². The minimum atomic E-state index is -2.42. The van der Waals surface area contributed by atoms with Crippen LogP contribution in [0.3, 0.4) is 0 Å². The average molecular weight is 441 g/mol. The lowest BCUT2D eigenvalue weighted by atomic mass is 10.2. The summed E-state index contributed by atoms with van der Waals surface area (Å²) in [6.07, 6.45) is 0.356. The maximum Gasteiger partial charge on any atom is 0.201 e. The van der Waals surface area contributed by atoms with Crippen LogP contribution in [0.2, 0.25) is 0 Å². The molecule has 0 fully saturated rings. The first-order valence-electron chi connectivity index (χ1n) is 10.5. The van der Waals surface area contributed by atoms with Gasteiger partial charge in [0.25, 0.3) is 0 Å². The van der Waals surface area contributed by atoms with E-state index in [-0.39, 0.29) is 5.78 Å². The SMILES string of the molecule is COc1ccc(OC)c([P+](CC(=O)c2ccccc2)(c2ccccc2)c2ccccc2)c1. The van der Waals surface area contributed by atoms with Crippen LogP contribution in [0.5, 0.6) is 11.5 Å². The lowest BCUT2D eigenvalue weighted by Gasteiger charge is -2.28. The molecule has 0 radical (unpaired) electrons. The quantitative estimate of drug-likeness (QED) is 0.289. The van der Waals surface area contributed by atoms with Crippen molar-refractivity contribution in [2.75, 3.05) is 20.4 Å². The number of benzene rings is 4. The first-order valence-corrected chi connectivity index (χ1v) is 12.5. The highest BCUT2D eigenvalue weighted by atomic mass is 31.2. The molecule has 0 saturated carbocycles. The van der Waals surface area contributed by atoms with E-state index >= 15 is 0 Å². The smallest absolute Gasteiger partial charge is 0.201 e. The van der Waals surface area contributed by atoms with Crippen molar-refractivity contribution < 1.29 is 14.3 Å². The van der Waals surface area contributed by atoms with Gasteiger partial charge in [0.05, 0.1) is 14.2 Å². The first-order chi connectivity index (χ1) is 15.7. The second-order valence-electron chi connectivity index (χ2n) is 7.47. The van der Waals surface area contributed by atoms with Crippen molar-refractivity contribution in [3.63, 3.8) is 0 Å². The van der Waals surface area contributed by atoms with Crippen molar-refractivity contribution in [2.45, 2.75) is 0 Å². The van der Waals surface area contributed by atoms with Crippen LogP contribution in [-0.2, 0) is 0 Å². The minimum absolute atomic E-state index is 0.108. The van der Waals surface area contributed by atoms with Gasteiger partial charge in [0.1, 0.15) is 29.8 Å². The first kappa shape index (κ1) is 21.8. The Morgan fingerprint density at radius 2 is 1.22 bits per heavy atom. The Morgan fingerprint density at radius 3 is 1.72 bits per heavy atom. The third-order valence-corrected chi connectivity index (χ3v) is 9.96. The molecule has 0 amide bonds. The maximum atomic E-state index is 13.7. The van der Waals surface area contributed by atoms with Gasteiger partial charge in [-0.3, -0.25) is 4.79 Å². The van der Waals surface area contributed by atoms with E-state index in [2.05, 4.69) is 24.3 Å². The fraction of sp³-hybridized carbons (Fsp3) is 0.107. The zero-order chi connectivity index (χ0) is 22.4. The number of methoxy groups -OCH3 is 2. The molecule has 4 aromatic carbocycles. The molecule has 4 rings (SSSR count). The largest absolute Gasteiger partial charge is 0.497 e. The fourth-order valence-electron chi connectivity index (χ4n) is 4.09. The molecular weight excluding hydrogens is 415 g/mol. The van der Waals surface area contributed by atoms with E-state index in [0.29, 0.717) is 11.7 Å². The molecule has 0 unspecified atom stereocenters. The predicted molar refractivity (Wildman–Crippen MR) is 134 cm³/mol. The van der Waals surface area contributed by atoms with E-state index in [9.17, 15) is 4.79 Å². The number of ether oxygens (including phenoxy) is 2. The van der Waals surface area contributed by atoms with Crippen molar-refractivity contribution >= 4 is 29.0 Å². The van der Waals surface area contributed by atoms with Crippen LogP contribution in [0.4, 0.5) is 0 Å². The van der Waals surface area contributed by atoms with Crippen LogP contribution in [0.15, 0.2) is 109 Å². The topological polar surface area (TPSA) is 35.5 Å². The van der Waals surface area contributed by atoms with Crippen molar-refractivity contribution in [3.05, 3.63) is 115 Å². The standard InChI is InChI=1S/C28H26O3P/c1-30-23-18-19-27(31-2)28(20-23)32(24-14-8-4-9-15-24,25-16-10-5-11-17-25)21-26(29)22-12-6-3-7-13-22/h3-20H,21H2,1-2H3/q+1. The molecule has 0 atom stereocenters. The molecule has 0 aromatic heterocycles. The second-order valence-corrected chi connectivity index (χ2v) is 10.9. The van der Waals surface area contributed by atoms with Gasteiger partial charge >= 0.3 is 0 Å². The third kappa shape index (κ3) is 4.17. The molecule has 4 aromatic rings. The second kappa shape index (κ2) is 9.80. The van der Waals surface area contributed by atoms with Gasteiger partial charge < -0.3 is 9.47 Å². The molecule has 32 heavy (non-hydrogen) atoms. The lowest BCUT2D eigenvalue weighted by molar-refractivity contribution is 0.102. The molecule has 0 spiro atoms. The summed E-state index contributed by atoms with van der Waals surface area (Å²) in [4.78, 5) is 13.7. The summed E-state index contributed by atoms with van der Waals surface area (Å²) in [6.45, 7) is 0. The van der Waals surface area contributed by atoms with Gasteiger partial charge in [0.15, 0.2) is 11.1 Å². The Labute approximate surface area is 190 Å². The summed E-state index contributed by atoms with van der Waals surface area (Å²) in [5.41, 5.74) is 0.714. The molecule has 0 N–H and O–H groups in total. The Hall–Kier alpha value is -3.42. The summed E-state index contributed by atoms with van der Waals surface area (Å²) < 4.78 is 11.4. The highest BCUT2D eigenvalue weighted by Gasteiger charge is 2.49. The molecular formula is C28H26O3P+. The molecule has 0 heterocycles. The van der Waals surface area contributed by atoms with Gasteiger partial charge in [0.2, 0.25) is 5.78 Å². The van der Waals surface area contributed by atoms with E-state index in [0.717, 1.165) is 27.4 Å². The highest BCUT2D eigenvalue weighted by Crippen LogP contribution is 2.57. The van der Waals surface area contributed by atoms with Gasteiger partial charge in [-0.25, -0.2) is 0 Å². The summed E-state index contributed by atoms with van der Waals surface area (Å²) >= 11 is 0. The average Bonchev–Trinajstić information content (AvgIpc) is 2.88. The van der Waals surface area contributed by atoms with Crippen LogP contribution in [-0.4, -0.2) is 26.2 Å². The monoisotopic (exact) mass is 441 g/mol. The summed E-state index contributed by atoms with van der Waals surface area (Å²) in [7, 11) is 0.911. The Bertz CT molecular complexity index is 1140. The van der Waals surface area contributed by atoms with E-state index in [1.807, 2.05) is 84.9 Å². The number of carbonyl (C=O) groups is 1. The van der Waals surface area contributed by atoms with Crippen molar-refractivity contribution in [2.24, 2.45) is 0 Å². The van der Waals surface area contributed by atoms with Crippen LogP contribution >= 0.6 is 7.26 Å². The number of hydrogen-bond acceptors (Lipinski definition) is 3. The third-order valence-electron chi connectivity index (χ3n) is 5.67. The number of hydrogen-bond donors (Lipinski definition) is 0. The van der Waals surface area contributed by atoms with Crippen molar-refractivity contribution in [3.8, 4) is 11.5 Å². The molecule has 0 bridgehead atoms. The van der Waals surface area contributed by atoms with Crippen LogP contribution in [0.1, 0.15) is 10.4 Å². The van der Waals surface area contributed by atoms with Crippen LogP contribution < -0.4 is 25.4 Å². The van der Waals surface area contributed by atoms with Gasteiger partial charge in [-0.2, -0.15) is 0 Å². The number of ketones is 1. The van der Waals surface area contributed by atoms with Crippen molar-refractivity contribution in [1.82, 2.24) is 0 Å².